The number of hydrogen-bond acceptors (Lipinski definition) is 5. The summed E-state index contributed by atoms with van der Waals surface area (Å²) in [6, 6.07) is 15.5. The summed E-state index contributed by atoms with van der Waals surface area (Å²) in [6.07, 6.45) is 1.95. The molecule has 0 fully saturated rings. The summed E-state index contributed by atoms with van der Waals surface area (Å²) >= 11 is 0. The molecule has 0 spiro atoms. The zero-order valence-corrected chi connectivity index (χ0v) is 16.2. The highest BCUT2D eigenvalue weighted by atomic mass is 32.2. The molecule has 0 atom stereocenters. The largest absolute Gasteiger partial charge is 0.475 e. The topological polar surface area (TPSA) is 81.2 Å². The first-order chi connectivity index (χ1) is 13.0. The number of para-hydroxylation sites is 2. The predicted molar refractivity (Wildman–Crippen MR) is 106 cm³/mol. The molecule has 1 heterocycles. The van der Waals surface area contributed by atoms with E-state index in [9.17, 15) is 8.42 Å². The van der Waals surface area contributed by atoms with E-state index in [1.165, 1.54) is 12.1 Å². The number of sulfonamides is 1. The second-order valence-electron chi connectivity index (χ2n) is 6.28. The van der Waals surface area contributed by atoms with Crippen LogP contribution in [0.4, 0.5) is 5.82 Å². The molecular weight excluding hydrogens is 362 g/mol. The first kappa shape index (κ1) is 19.1. The summed E-state index contributed by atoms with van der Waals surface area (Å²) in [4.78, 5) is 9.08. The van der Waals surface area contributed by atoms with Gasteiger partial charge in [-0.3, -0.25) is 4.72 Å². The van der Waals surface area contributed by atoms with Crippen molar-refractivity contribution in [1.29, 1.82) is 0 Å². The summed E-state index contributed by atoms with van der Waals surface area (Å²) in [7, 11) is -3.79. The lowest BCUT2D eigenvalue weighted by Crippen LogP contribution is -2.17. The van der Waals surface area contributed by atoms with E-state index >= 15 is 0 Å². The van der Waals surface area contributed by atoms with E-state index in [0.29, 0.717) is 23.6 Å². The molecule has 0 saturated heterocycles. The van der Waals surface area contributed by atoms with E-state index in [0.717, 1.165) is 12.8 Å². The monoisotopic (exact) mass is 385 g/mol. The van der Waals surface area contributed by atoms with Crippen molar-refractivity contribution >= 4 is 26.9 Å². The van der Waals surface area contributed by atoms with E-state index in [4.69, 9.17) is 4.74 Å². The summed E-state index contributed by atoms with van der Waals surface area (Å²) < 4.78 is 33.8. The van der Waals surface area contributed by atoms with Crippen molar-refractivity contribution in [2.45, 2.75) is 31.6 Å². The number of rotatable bonds is 8. The van der Waals surface area contributed by atoms with E-state index in [2.05, 4.69) is 28.5 Å². The SMILES string of the molecule is CCC(CC)COc1nc2ccccc2nc1NS(=O)(=O)c1ccccc1. The van der Waals surface area contributed by atoms with Crippen molar-refractivity contribution < 1.29 is 13.2 Å². The molecular formula is C20H23N3O3S. The number of aromatic nitrogens is 2. The van der Waals surface area contributed by atoms with Crippen molar-refractivity contribution in [3.05, 3.63) is 54.6 Å². The Labute approximate surface area is 159 Å². The number of nitrogens with one attached hydrogen (secondary N) is 1. The zero-order chi connectivity index (χ0) is 19.3. The van der Waals surface area contributed by atoms with Crippen LogP contribution in [0.1, 0.15) is 26.7 Å². The van der Waals surface area contributed by atoms with Crippen LogP contribution in [0.15, 0.2) is 59.5 Å². The Morgan fingerprint density at radius 1 is 0.926 bits per heavy atom. The van der Waals surface area contributed by atoms with Crippen molar-refractivity contribution in [3.63, 3.8) is 0 Å². The van der Waals surface area contributed by atoms with Gasteiger partial charge in [0.2, 0.25) is 5.82 Å². The molecule has 3 aromatic rings. The lowest BCUT2D eigenvalue weighted by molar-refractivity contribution is 0.234. The molecule has 0 aliphatic rings. The van der Waals surface area contributed by atoms with Gasteiger partial charge in [0.1, 0.15) is 0 Å². The van der Waals surface area contributed by atoms with Gasteiger partial charge < -0.3 is 4.74 Å². The minimum absolute atomic E-state index is 0.100. The Balaban J connectivity index is 1.98. The molecule has 0 amide bonds. The van der Waals surface area contributed by atoms with E-state index in [1.54, 1.807) is 24.3 Å². The van der Waals surface area contributed by atoms with Crippen molar-refractivity contribution in [3.8, 4) is 5.88 Å². The number of benzene rings is 2. The highest BCUT2D eigenvalue weighted by molar-refractivity contribution is 7.92. The fourth-order valence-corrected chi connectivity index (χ4v) is 3.68. The standard InChI is InChI=1S/C20H23N3O3S/c1-3-15(4-2)14-26-20-19(21-17-12-8-9-13-18(17)22-20)23-27(24,25)16-10-6-5-7-11-16/h5-13,15H,3-4,14H2,1-2H3,(H,21,23). The van der Waals surface area contributed by atoms with E-state index in [-0.39, 0.29) is 16.6 Å². The maximum atomic E-state index is 12.7. The molecule has 2 aromatic carbocycles. The fourth-order valence-electron chi connectivity index (χ4n) is 2.66. The third-order valence-electron chi connectivity index (χ3n) is 4.43. The number of anilines is 1. The second-order valence-corrected chi connectivity index (χ2v) is 7.96. The predicted octanol–water partition coefficient (Wildman–Crippen LogP) is 4.25. The van der Waals surface area contributed by atoms with Crippen molar-refractivity contribution in [2.24, 2.45) is 5.92 Å². The number of ether oxygens (including phenoxy) is 1. The summed E-state index contributed by atoms with van der Waals surface area (Å²) in [5.74, 6) is 0.667. The molecule has 0 aliphatic heterocycles. The third kappa shape index (κ3) is 4.54. The molecule has 7 heteroatoms. The van der Waals surface area contributed by atoms with Crippen LogP contribution in [0.25, 0.3) is 11.0 Å². The normalized spacial score (nSPS) is 11.7. The van der Waals surface area contributed by atoms with Crippen LogP contribution in [0.2, 0.25) is 0 Å². The second kappa shape index (κ2) is 8.35. The maximum Gasteiger partial charge on any atom is 0.263 e. The molecule has 1 aromatic heterocycles. The molecule has 0 bridgehead atoms. The Hall–Kier alpha value is -2.67. The van der Waals surface area contributed by atoms with Gasteiger partial charge in [0.25, 0.3) is 15.9 Å². The molecule has 1 N–H and O–H groups in total. The lowest BCUT2D eigenvalue weighted by Gasteiger charge is -2.16. The zero-order valence-electron chi connectivity index (χ0n) is 15.4. The van der Waals surface area contributed by atoms with Crippen LogP contribution >= 0.6 is 0 Å². The van der Waals surface area contributed by atoms with Crippen LogP contribution < -0.4 is 9.46 Å². The molecule has 0 saturated carbocycles. The number of nitrogens with zero attached hydrogens (tertiary/aromatic N) is 2. The molecule has 142 valence electrons. The Morgan fingerprint density at radius 2 is 1.52 bits per heavy atom. The summed E-state index contributed by atoms with van der Waals surface area (Å²) in [5, 5.41) is 0. The lowest BCUT2D eigenvalue weighted by atomic mass is 10.1. The quantitative estimate of drug-likeness (QED) is 0.627. The van der Waals surface area contributed by atoms with E-state index in [1.807, 2.05) is 18.2 Å². The first-order valence-corrected chi connectivity index (χ1v) is 10.5. The Bertz CT molecular complexity index is 1000. The minimum atomic E-state index is -3.79. The van der Waals surface area contributed by atoms with Crippen LogP contribution in [0.3, 0.4) is 0 Å². The molecule has 6 nitrogen and oxygen atoms in total. The maximum absolute atomic E-state index is 12.7. The molecule has 3 rings (SSSR count). The smallest absolute Gasteiger partial charge is 0.263 e. The van der Waals surface area contributed by atoms with Gasteiger partial charge in [-0.1, -0.05) is 57.0 Å². The number of fused-ring (bicyclic) bond motifs is 1. The molecule has 0 unspecified atom stereocenters. The highest BCUT2D eigenvalue weighted by Crippen LogP contribution is 2.27. The fraction of sp³-hybridized carbons (Fsp3) is 0.300. The molecule has 0 aliphatic carbocycles. The highest BCUT2D eigenvalue weighted by Gasteiger charge is 2.20. The Morgan fingerprint density at radius 3 is 2.15 bits per heavy atom. The van der Waals surface area contributed by atoms with Gasteiger partial charge in [0, 0.05) is 0 Å². The van der Waals surface area contributed by atoms with Crippen molar-refractivity contribution in [2.75, 3.05) is 11.3 Å². The molecule has 27 heavy (non-hydrogen) atoms. The van der Waals surface area contributed by atoms with Gasteiger partial charge in [-0.15, -0.1) is 0 Å². The minimum Gasteiger partial charge on any atom is -0.475 e. The average Bonchev–Trinajstić information content (AvgIpc) is 2.69. The third-order valence-corrected chi connectivity index (χ3v) is 5.79. The Kier molecular flexibility index (Phi) is 5.91. The van der Waals surface area contributed by atoms with Gasteiger partial charge in [0.05, 0.1) is 22.5 Å². The van der Waals surface area contributed by atoms with Crippen LogP contribution in [-0.4, -0.2) is 25.0 Å². The summed E-state index contributed by atoms with van der Waals surface area (Å²) in [5.41, 5.74) is 1.25. The number of hydrogen-bond donors (Lipinski definition) is 1. The van der Waals surface area contributed by atoms with Crippen LogP contribution in [-0.2, 0) is 10.0 Å². The van der Waals surface area contributed by atoms with Gasteiger partial charge >= 0.3 is 0 Å². The van der Waals surface area contributed by atoms with Gasteiger partial charge in [-0.05, 0) is 30.2 Å². The average molecular weight is 385 g/mol. The van der Waals surface area contributed by atoms with Gasteiger partial charge in [-0.2, -0.15) is 0 Å². The van der Waals surface area contributed by atoms with Gasteiger partial charge in [0.15, 0.2) is 0 Å². The van der Waals surface area contributed by atoms with E-state index < -0.39 is 10.0 Å². The summed E-state index contributed by atoms with van der Waals surface area (Å²) in [6.45, 7) is 4.66. The van der Waals surface area contributed by atoms with Crippen molar-refractivity contribution in [1.82, 2.24) is 9.97 Å². The van der Waals surface area contributed by atoms with Crippen LogP contribution in [0.5, 0.6) is 5.88 Å². The van der Waals surface area contributed by atoms with Crippen LogP contribution in [0, 0.1) is 5.92 Å². The molecule has 0 radical (unpaired) electrons. The van der Waals surface area contributed by atoms with Gasteiger partial charge in [-0.25, -0.2) is 18.4 Å². The first-order valence-electron chi connectivity index (χ1n) is 9.01.